The first-order valence-electron chi connectivity index (χ1n) is 17.2. The van der Waals surface area contributed by atoms with Crippen LogP contribution in [0.3, 0.4) is 0 Å². The summed E-state index contributed by atoms with van der Waals surface area (Å²) in [6.45, 7) is 11.4. The molecule has 0 amide bonds. The monoisotopic (exact) mass is 648 g/mol. The summed E-state index contributed by atoms with van der Waals surface area (Å²) >= 11 is 0. The molecule has 0 saturated heterocycles. The number of rotatable bonds is 19. The molecule has 252 valence electrons. The molecule has 1 N–H and O–H groups in total. The molecule has 5 rings (SSSR count). The Labute approximate surface area is 284 Å². The van der Waals surface area contributed by atoms with Gasteiger partial charge in [0.1, 0.15) is 34.0 Å². The maximum atomic E-state index is 13.0. The fourth-order valence-electron chi connectivity index (χ4n) is 5.82. The SMILES string of the molecule is CCN(CCCCOc1ccc(-c2cc(=O)c3c(O)cc(OCCCCN(CC)Cc4ccccc4)cc3o2)cc1)Cc1ccccc1. The van der Waals surface area contributed by atoms with Crippen molar-refractivity contribution < 1.29 is 19.0 Å². The Morgan fingerprint density at radius 3 is 1.73 bits per heavy atom. The number of phenolic OH excluding ortho intramolecular Hbond substituents is 1. The van der Waals surface area contributed by atoms with Gasteiger partial charge in [0.2, 0.25) is 0 Å². The first-order chi connectivity index (χ1) is 23.5. The molecule has 0 atom stereocenters. The Balaban J connectivity index is 1.10. The standard InChI is InChI=1S/C41H48N2O5/c1-3-42(30-32-15-7-5-8-16-32)23-11-13-25-46-35-21-19-34(20-22-35)39-29-38(45)41-37(44)27-36(28-40(41)48-39)47-26-14-12-24-43(4-2)31-33-17-9-6-10-18-33/h5-10,15-22,27-29,44H,3-4,11-14,23-26,30-31H2,1-2H3. The maximum absolute atomic E-state index is 13.0. The minimum absolute atomic E-state index is 0.145. The molecule has 0 unspecified atom stereocenters. The summed E-state index contributed by atoms with van der Waals surface area (Å²) in [5, 5.41) is 10.8. The van der Waals surface area contributed by atoms with Crippen molar-refractivity contribution in [3.05, 3.63) is 124 Å². The van der Waals surface area contributed by atoms with Crippen LogP contribution in [0.2, 0.25) is 0 Å². The van der Waals surface area contributed by atoms with E-state index in [0.29, 0.717) is 30.3 Å². The van der Waals surface area contributed by atoms with Gasteiger partial charge in [-0.15, -0.1) is 0 Å². The lowest BCUT2D eigenvalue weighted by Gasteiger charge is -2.20. The number of ether oxygens (including phenoxy) is 2. The highest BCUT2D eigenvalue weighted by Gasteiger charge is 2.14. The maximum Gasteiger partial charge on any atom is 0.197 e. The number of nitrogens with zero attached hydrogens (tertiary/aromatic N) is 2. The summed E-state index contributed by atoms with van der Waals surface area (Å²) in [6.07, 6.45) is 3.89. The van der Waals surface area contributed by atoms with Crippen LogP contribution in [0.25, 0.3) is 22.3 Å². The molecule has 0 aliphatic rings. The molecule has 0 saturated carbocycles. The summed E-state index contributed by atoms with van der Waals surface area (Å²) in [4.78, 5) is 17.8. The number of phenols is 1. The van der Waals surface area contributed by atoms with Gasteiger partial charge in [-0.3, -0.25) is 14.6 Å². The van der Waals surface area contributed by atoms with E-state index >= 15 is 0 Å². The van der Waals surface area contributed by atoms with Crippen molar-refractivity contribution in [2.45, 2.75) is 52.6 Å². The number of hydrogen-bond donors (Lipinski definition) is 1. The van der Waals surface area contributed by atoms with E-state index < -0.39 is 0 Å². The zero-order chi connectivity index (χ0) is 33.6. The number of fused-ring (bicyclic) bond motifs is 1. The fraction of sp³-hybridized carbons (Fsp3) is 0.341. The highest BCUT2D eigenvalue weighted by atomic mass is 16.5. The minimum atomic E-state index is -0.304. The van der Waals surface area contributed by atoms with Gasteiger partial charge in [0.25, 0.3) is 0 Å². The van der Waals surface area contributed by atoms with Crippen LogP contribution in [0.1, 0.15) is 50.7 Å². The molecule has 0 aliphatic heterocycles. The van der Waals surface area contributed by atoms with Gasteiger partial charge in [0.15, 0.2) is 5.43 Å². The van der Waals surface area contributed by atoms with E-state index in [1.54, 1.807) is 6.07 Å². The lowest BCUT2D eigenvalue weighted by atomic mass is 10.1. The summed E-state index contributed by atoms with van der Waals surface area (Å²) in [5.41, 5.74) is 3.39. The Morgan fingerprint density at radius 1 is 0.646 bits per heavy atom. The second-order valence-electron chi connectivity index (χ2n) is 12.1. The number of hydrogen-bond acceptors (Lipinski definition) is 7. The highest BCUT2D eigenvalue weighted by Crippen LogP contribution is 2.32. The summed E-state index contributed by atoms with van der Waals surface area (Å²) in [6, 6.07) is 33.2. The average Bonchev–Trinajstić information content (AvgIpc) is 3.11. The third-order valence-corrected chi connectivity index (χ3v) is 8.59. The van der Waals surface area contributed by atoms with E-state index in [4.69, 9.17) is 13.9 Å². The van der Waals surface area contributed by atoms with Crippen LogP contribution in [-0.4, -0.2) is 54.3 Å². The molecular formula is C41H48N2O5. The molecule has 48 heavy (non-hydrogen) atoms. The smallest absolute Gasteiger partial charge is 0.197 e. The van der Waals surface area contributed by atoms with Gasteiger partial charge < -0.3 is 19.0 Å². The molecule has 0 bridgehead atoms. The fourth-order valence-corrected chi connectivity index (χ4v) is 5.82. The quantitative estimate of drug-likeness (QED) is 0.0900. The number of unbranched alkanes of at least 4 members (excludes halogenated alkanes) is 2. The second-order valence-corrected chi connectivity index (χ2v) is 12.1. The summed E-state index contributed by atoms with van der Waals surface area (Å²) < 4.78 is 18.1. The van der Waals surface area contributed by atoms with Crippen molar-refractivity contribution in [3.8, 4) is 28.6 Å². The van der Waals surface area contributed by atoms with E-state index in [1.165, 1.54) is 23.3 Å². The zero-order valence-electron chi connectivity index (χ0n) is 28.3. The van der Waals surface area contributed by atoms with E-state index in [1.807, 2.05) is 30.3 Å². The van der Waals surface area contributed by atoms with Gasteiger partial charge in [-0.1, -0.05) is 74.5 Å². The predicted octanol–water partition coefficient (Wildman–Crippen LogP) is 8.53. The van der Waals surface area contributed by atoms with Crippen LogP contribution < -0.4 is 14.9 Å². The Bertz CT molecular complexity index is 1740. The van der Waals surface area contributed by atoms with Crippen LogP contribution in [0.15, 0.2) is 112 Å². The van der Waals surface area contributed by atoms with E-state index in [2.05, 4.69) is 78.2 Å². The molecule has 0 radical (unpaired) electrons. The second kappa shape index (κ2) is 18.1. The van der Waals surface area contributed by atoms with Crippen molar-refractivity contribution in [1.29, 1.82) is 0 Å². The Kier molecular flexibility index (Phi) is 13.1. The molecule has 4 aromatic carbocycles. The number of benzene rings is 4. The zero-order valence-corrected chi connectivity index (χ0v) is 28.3. The molecule has 0 spiro atoms. The van der Waals surface area contributed by atoms with Crippen molar-refractivity contribution in [2.24, 2.45) is 0 Å². The third-order valence-electron chi connectivity index (χ3n) is 8.59. The van der Waals surface area contributed by atoms with Gasteiger partial charge in [0, 0.05) is 36.9 Å². The molecule has 5 aromatic rings. The van der Waals surface area contributed by atoms with Gasteiger partial charge in [-0.2, -0.15) is 0 Å². The highest BCUT2D eigenvalue weighted by molar-refractivity contribution is 5.86. The normalized spacial score (nSPS) is 11.4. The van der Waals surface area contributed by atoms with Crippen molar-refractivity contribution in [2.75, 3.05) is 39.4 Å². The van der Waals surface area contributed by atoms with Gasteiger partial charge in [-0.05, 0) is 87.3 Å². The first kappa shape index (κ1) is 34.7. The minimum Gasteiger partial charge on any atom is -0.507 e. The van der Waals surface area contributed by atoms with Crippen LogP contribution >= 0.6 is 0 Å². The molecule has 1 heterocycles. The van der Waals surface area contributed by atoms with Crippen LogP contribution in [-0.2, 0) is 13.1 Å². The van der Waals surface area contributed by atoms with Gasteiger partial charge in [0.05, 0.1) is 13.2 Å². The molecule has 0 aliphatic carbocycles. The Morgan fingerprint density at radius 2 is 1.19 bits per heavy atom. The third kappa shape index (κ3) is 10.2. The van der Waals surface area contributed by atoms with E-state index in [-0.39, 0.29) is 16.6 Å². The van der Waals surface area contributed by atoms with Crippen molar-refractivity contribution in [3.63, 3.8) is 0 Å². The molecule has 7 heteroatoms. The Hall–Kier alpha value is -4.59. The first-order valence-corrected chi connectivity index (χ1v) is 17.2. The van der Waals surface area contributed by atoms with Gasteiger partial charge >= 0.3 is 0 Å². The van der Waals surface area contributed by atoms with Crippen LogP contribution in [0, 0.1) is 0 Å². The molecule has 7 nitrogen and oxygen atoms in total. The largest absolute Gasteiger partial charge is 0.507 e. The molecular weight excluding hydrogens is 600 g/mol. The lowest BCUT2D eigenvalue weighted by Crippen LogP contribution is -2.24. The van der Waals surface area contributed by atoms with E-state index in [9.17, 15) is 9.90 Å². The topological polar surface area (TPSA) is 75.4 Å². The average molecular weight is 649 g/mol. The molecule has 0 fully saturated rings. The van der Waals surface area contributed by atoms with Gasteiger partial charge in [-0.25, -0.2) is 0 Å². The van der Waals surface area contributed by atoms with Crippen molar-refractivity contribution in [1.82, 2.24) is 9.80 Å². The van der Waals surface area contributed by atoms with Crippen molar-refractivity contribution >= 4 is 11.0 Å². The lowest BCUT2D eigenvalue weighted by molar-refractivity contribution is 0.252. The molecule has 1 aromatic heterocycles. The summed E-state index contributed by atoms with van der Waals surface area (Å²) in [7, 11) is 0. The predicted molar refractivity (Wildman–Crippen MR) is 194 cm³/mol. The summed E-state index contributed by atoms with van der Waals surface area (Å²) in [5.74, 6) is 1.53. The van der Waals surface area contributed by atoms with E-state index in [0.717, 1.165) is 76.3 Å². The van der Waals surface area contributed by atoms with Crippen LogP contribution in [0.4, 0.5) is 0 Å². The number of aromatic hydroxyl groups is 1. The van der Waals surface area contributed by atoms with Crippen LogP contribution in [0.5, 0.6) is 17.2 Å².